The Bertz CT molecular complexity index is 374. The number of nitrogens with zero attached hydrogens (tertiary/aromatic N) is 2. The maximum absolute atomic E-state index is 10.1. The van der Waals surface area contributed by atoms with Gasteiger partial charge in [-0.05, 0) is 0 Å². The molecule has 0 radical (unpaired) electrons. The number of isocyanates is 2. The lowest BCUT2D eigenvalue weighted by Gasteiger charge is -2.32. The van der Waals surface area contributed by atoms with E-state index in [9.17, 15) is 9.59 Å². The second-order valence-corrected chi connectivity index (χ2v) is 3.70. The van der Waals surface area contributed by atoms with Crippen LogP contribution in [-0.4, -0.2) is 25.2 Å². The first-order valence-electron chi connectivity index (χ1n) is 4.66. The molecule has 0 N–H and O–H groups in total. The molecule has 0 aromatic carbocycles. The van der Waals surface area contributed by atoms with Crippen molar-refractivity contribution in [3.8, 4) is 0 Å². The van der Waals surface area contributed by atoms with Crippen LogP contribution < -0.4 is 0 Å². The molecule has 4 heteroatoms. The third kappa shape index (κ3) is 2.84. The minimum Gasteiger partial charge on any atom is -0.211 e. The van der Waals surface area contributed by atoms with Gasteiger partial charge in [0, 0.05) is 11.3 Å². The van der Waals surface area contributed by atoms with Gasteiger partial charge in [0.05, 0.1) is 13.1 Å². The van der Waals surface area contributed by atoms with Gasteiger partial charge in [-0.1, -0.05) is 31.2 Å². The predicted octanol–water partition coefficient (Wildman–Crippen LogP) is 1.41. The SMILES string of the molecule is CC1(CN=C=O)C=CC=CC1CN=C=O. The van der Waals surface area contributed by atoms with Crippen LogP contribution in [0, 0.1) is 11.3 Å². The van der Waals surface area contributed by atoms with E-state index in [1.807, 2.05) is 31.2 Å². The Labute approximate surface area is 88.1 Å². The molecule has 0 aromatic heterocycles. The minimum absolute atomic E-state index is 0.0704. The molecule has 0 aliphatic heterocycles. The van der Waals surface area contributed by atoms with E-state index in [-0.39, 0.29) is 11.3 Å². The van der Waals surface area contributed by atoms with Crippen molar-refractivity contribution in [2.45, 2.75) is 6.92 Å². The van der Waals surface area contributed by atoms with Crippen molar-refractivity contribution < 1.29 is 9.59 Å². The highest BCUT2D eigenvalue weighted by molar-refractivity contribution is 5.35. The van der Waals surface area contributed by atoms with E-state index in [0.29, 0.717) is 13.1 Å². The van der Waals surface area contributed by atoms with E-state index in [1.165, 1.54) is 12.2 Å². The van der Waals surface area contributed by atoms with Gasteiger partial charge in [-0.3, -0.25) is 0 Å². The maximum Gasteiger partial charge on any atom is 0.234 e. The largest absolute Gasteiger partial charge is 0.234 e. The van der Waals surface area contributed by atoms with Crippen LogP contribution in [0.5, 0.6) is 0 Å². The number of hydrogen-bond donors (Lipinski definition) is 0. The maximum atomic E-state index is 10.1. The molecule has 0 bridgehead atoms. The monoisotopic (exact) mass is 204 g/mol. The lowest BCUT2D eigenvalue weighted by atomic mass is 9.74. The van der Waals surface area contributed by atoms with Gasteiger partial charge in [-0.15, -0.1) is 0 Å². The van der Waals surface area contributed by atoms with Crippen LogP contribution in [0.1, 0.15) is 6.92 Å². The molecule has 78 valence electrons. The van der Waals surface area contributed by atoms with Gasteiger partial charge >= 0.3 is 0 Å². The molecule has 4 nitrogen and oxygen atoms in total. The Balaban J connectivity index is 2.82. The van der Waals surface area contributed by atoms with Crippen LogP contribution >= 0.6 is 0 Å². The molecule has 0 saturated heterocycles. The second kappa shape index (κ2) is 5.20. The average molecular weight is 204 g/mol. The van der Waals surface area contributed by atoms with E-state index < -0.39 is 0 Å². The molecule has 15 heavy (non-hydrogen) atoms. The van der Waals surface area contributed by atoms with E-state index in [4.69, 9.17) is 0 Å². The summed E-state index contributed by atoms with van der Waals surface area (Å²) >= 11 is 0. The average Bonchev–Trinajstić information content (AvgIpc) is 2.25. The van der Waals surface area contributed by atoms with Gasteiger partial charge in [0.2, 0.25) is 12.2 Å². The summed E-state index contributed by atoms with van der Waals surface area (Å²) in [7, 11) is 0. The predicted molar refractivity (Wildman–Crippen MR) is 55.9 cm³/mol. The fraction of sp³-hybridized carbons (Fsp3) is 0.455. The van der Waals surface area contributed by atoms with Gasteiger partial charge in [-0.2, -0.15) is 0 Å². The van der Waals surface area contributed by atoms with E-state index in [0.717, 1.165) is 0 Å². The van der Waals surface area contributed by atoms with Crippen LogP contribution in [0.15, 0.2) is 34.3 Å². The summed E-state index contributed by atoms with van der Waals surface area (Å²) in [5.74, 6) is 0.0704. The number of allylic oxidation sites excluding steroid dienone is 2. The summed E-state index contributed by atoms with van der Waals surface area (Å²) in [4.78, 5) is 27.3. The van der Waals surface area contributed by atoms with Gasteiger partial charge in [0.25, 0.3) is 0 Å². The first-order chi connectivity index (χ1) is 7.23. The Morgan fingerprint density at radius 1 is 1.27 bits per heavy atom. The molecule has 0 fully saturated rings. The Hall–Kier alpha value is -1.76. The van der Waals surface area contributed by atoms with Crippen molar-refractivity contribution in [1.82, 2.24) is 0 Å². The first kappa shape index (κ1) is 11.3. The van der Waals surface area contributed by atoms with Crippen molar-refractivity contribution in [1.29, 1.82) is 0 Å². The zero-order valence-corrected chi connectivity index (χ0v) is 8.51. The molecule has 0 saturated carbocycles. The van der Waals surface area contributed by atoms with Crippen molar-refractivity contribution >= 4 is 12.2 Å². The molecular formula is C11H12N2O2. The molecule has 2 unspecified atom stereocenters. The van der Waals surface area contributed by atoms with Crippen LogP contribution in [0.4, 0.5) is 0 Å². The number of aliphatic imine (C=N–C) groups is 2. The van der Waals surface area contributed by atoms with Crippen LogP contribution in [-0.2, 0) is 9.59 Å². The molecular weight excluding hydrogens is 192 g/mol. The van der Waals surface area contributed by atoms with Crippen LogP contribution in [0.2, 0.25) is 0 Å². The highest BCUT2D eigenvalue weighted by Gasteiger charge is 2.31. The fourth-order valence-corrected chi connectivity index (χ4v) is 1.59. The van der Waals surface area contributed by atoms with Gasteiger partial charge in [-0.25, -0.2) is 19.6 Å². The highest BCUT2D eigenvalue weighted by atomic mass is 16.1. The van der Waals surface area contributed by atoms with Crippen LogP contribution in [0.25, 0.3) is 0 Å². The highest BCUT2D eigenvalue weighted by Crippen LogP contribution is 2.33. The molecule has 0 heterocycles. The molecule has 2 atom stereocenters. The molecule has 1 aliphatic carbocycles. The fourth-order valence-electron chi connectivity index (χ4n) is 1.59. The van der Waals surface area contributed by atoms with Crippen LogP contribution in [0.3, 0.4) is 0 Å². The van der Waals surface area contributed by atoms with Crippen molar-refractivity contribution in [3.05, 3.63) is 24.3 Å². The second-order valence-electron chi connectivity index (χ2n) is 3.70. The quantitative estimate of drug-likeness (QED) is 0.513. The summed E-state index contributed by atoms with van der Waals surface area (Å²) in [5.41, 5.74) is -0.271. The molecule has 0 spiro atoms. The Morgan fingerprint density at radius 2 is 2.00 bits per heavy atom. The first-order valence-corrected chi connectivity index (χ1v) is 4.66. The Morgan fingerprint density at radius 3 is 2.67 bits per heavy atom. The zero-order chi connectivity index (χ0) is 11.1. The van der Waals surface area contributed by atoms with Gasteiger partial charge < -0.3 is 0 Å². The summed E-state index contributed by atoms with van der Waals surface area (Å²) in [6.07, 6.45) is 10.8. The normalized spacial score (nSPS) is 27.9. The molecule has 1 aliphatic rings. The summed E-state index contributed by atoms with van der Waals surface area (Å²) in [5, 5.41) is 0. The minimum atomic E-state index is -0.271. The smallest absolute Gasteiger partial charge is 0.211 e. The van der Waals surface area contributed by atoms with Crippen molar-refractivity contribution in [3.63, 3.8) is 0 Å². The van der Waals surface area contributed by atoms with E-state index in [1.54, 1.807) is 0 Å². The lowest BCUT2D eigenvalue weighted by Crippen LogP contribution is -2.30. The van der Waals surface area contributed by atoms with E-state index >= 15 is 0 Å². The molecule has 0 amide bonds. The zero-order valence-electron chi connectivity index (χ0n) is 8.51. The lowest BCUT2D eigenvalue weighted by molar-refractivity contribution is 0.322. The third-order valence-electron chi connectivity index (χ3n) is 2.62. The topological polar surface area (TPSA) is 58.9 Å². The molecule has 1 rings (SSSR count). The number of rotatable bonds is 4. The van der Waals surface area contributed by atoms with Crippen molar-refractivity contribution in [2.24, 2.45) is 21.3 Å². The summed E-state index contributed by atoms with van der Waals surface area (Å²) in [6, 6.07) is 0. The summed E-state index contributed by atoms with van der Waals surface area (Å²) < 4.78 is 0. The van der Waals surface area contributed by atoms with Gasteiger partial charge in [0.1, 0.15) is 0 Å². The Kier molecular flexibility index (Phi) is 3.92. The standard InChI is InChI=1S/C11H12N2O2/c1-11(7-13-9-15)5-3-2-4-10(11)6-12-8-14/h2-5,10H,6-7H2,1H3. The van der Waals surface area contributed by atoms with E-state index in [2.05, 4.69) is 9.98 Å². The summed E-state index contributed by atoms with van der Waals surface area (Å²) in [6.45, 7) is 2.70. The third-order valence-corrected chi connectivity index (χ3v) is 2.62. The van der Waals surface area contributed by atoms with Crippen molar-refractivity contribution in [2.75, 3.05) is 13.1 Å². The van der Waals surface area contributed by atoms with Gasteiger partial charge in [0.15, 0.2) is 0 Å². The molecule has 0 aromatic rings. The number of hydrogen-bond acceptors (Lipinski definition) is 4. The number of carbonyl (C=O) groups excluding carboxylic acids is 2.